The van der Waals surface area contributed by atoms with Crippen molar-refractivity contribution in [2.45, 2.75) is 52.4 Å². The third-order valence-corrected chi connectivity index (χ3v) is 8.29. The van der Waals surface area contributed by atoms with Gasteiger partial charge in [0.2, 0.25) is 0 Å². The second-order valence-corrected chi connectivity index (χ2v) is 10.7. The summed E-state index contributed by atoms with van der Waals surface area (Å²) < 4.78 is 1.72. The van der Waals surface area contributed by atoms with Gasteiger partial charge in [-0.25, -0.2) is 9.88 Å². The summed E-state index contributed by atoms with van der Waals surface area (Å²) in [4.78, 5) is 47.6. The van der Waals surface area contributed by atoms with Crippen LogP contribution >= 0.6 is 0 Å². The van der Waals surface area contributed by atoms with Crippen molar-refractivity contribution in [3.63, 3.8) is 0 Å². The molecule has 7 rings (SSSR count). The fourth-order valence-electron chi connectivity index (χ4n) is 6.28. The van der Waals surface area contributed by atoms with E-state index in [1.807, 2.05) is 12.1 Å². The van der Waals surface area contributed by atoms with Crippen LogP contribution in [0.1, 0.15) is 71.4 Å². The van der Waals surface area contributed by atoms with Crippen LogP contribution in [0.25, 0.3) is 38.2 Å². The lowest BCUT2D eigenvalue weighted by molar-refractivity contribution is 0.0893. The quantitative estimate of drug-likeness (QED) is 0.208. The number of imide groups is 1. The maximum absolute atomic E-state index is 14.1. The number of pyridine rings is 1. The highest BCUT2D eigenvalue weighted by Crippen LogP contribution is 2.38. The number of carbonyl (C=O) groups is 2. The lowest BCUT2D eigenvalue weighted by Crippen LogP contribution is -2.40. The minimum Gasteiger partial charge on any atom is -0.268 e. The van der Waals surface area contributed by atoms with Gasteiger partial charge in [-0.3, -0.25) is 18.8 Å². The molecule has 0 saturated carbocycles. The van der Waals surface area contributed by atoms with Crippen molar-refractivity contribution in [1.29, 1.82) is 0 Å². The van der Waals surface area contributed by atoms with Crippen LogP contribution in [0.5, 0.6) is 0 Å². The number of fused-ring (bicyclic) bond motifs is 4. The van der Waals surface area contributed by atoms with Crippen molar-refractivity contribution in [3.8, 4) is 0 Å². The molecule has 1 aliphatic rings. The molecule has 6 aromatic rings. The molecule has 2 amide bonds. The van der Waals surface area contributed by atoms with Crippen LogP contribution in [-0.4, -0.2) is 21.2 Å². The van der Waals surface area contributed by atoms with Crippen molar-refractivity contribution in [2.75, 3.05) is 4.90 Å². The van der Waals surface area contributed by atoms with Gasteiger partial charge in [0.15, 0.2) is 0 Å². The number of carbonyl (C=O) groups excluding carboxylic acids is 2. The van der Waals surface area contributed by atoms with Gasteiger partial charge in [0, 0.05) is 32.7 Å². The normalized spacial score (nSPS) is 13.5. The highest BCUT2D eigenvalue weighted by Gasteiger charge is 2.35. The van der Waals surface area contributed by atoms with E-state index >= 15 is 0 Å². The van der Waals surface area contributed by atoms with E-state index in [0.717, 1.165) is 54.9 Å². The van der Waals surface area contributed by atoms with E-state index < -0.39 is 0 Å². The molecule has 0 unspecified atom stereocenters. The summed E-state index contributed by atoms with van der Waals surface area (Å²) >= 11 is 0. The zero-order valence-electron chi connectivity index (χ0n) is 22.7. The number of aryl methyl sites for hydroxylation is 2. The molecule has 40 heavy (non-hydrogen) atoms. The molecule has 6 nitrogen and oxygen atoms in total. The maximum Gasteiger partial charge on any atom is 0.265 e. The first kappa shape index (κ1) is 24.5. The minimum absolute atomic E-state index is 0.179. The van der Waals surface area contributed by atoms with Gasteiger partial charge in [0.1, 0.15) is 5.65 Å². The third kappa shape index (κ3) is 3.41. The Morgan fingerprint density at radius 2 is 1.32 bits per heavy atom. The Bertz CT molecular complexity index is 2020. The van der Waals surface area contributed by atoms with Crippen molar-refractivity contribution in [3.05, 3.63) is 99.3 Å². The summed E-state index contributed by atoms with van der Waals surface area (Å²) in [5, 5.41) is 2.43. The average Bonchev–Trinajstić information content (AvgIpc) is 3.35. The molecule has 4 aromatic carbocycles. The van der Waals surface area contributed by atoms with Crippen LogP contribution in [0.2, 0.25) is 0 Å². The lowest BCUT2D eigenvalue weighted by Gasteiger charge is -2.27. The van der Waals surface area contributed by atoms with Crippen LogP contribution in [0.15, 0.2) is 71.5 Å². The maximum atomic E-state index is 14.1. The number of hydrogen-bond donors (Lipinski definition) is 0. The molecule has 2 aromatic heterocycles. The number of anilines is 1. The molecule has 198 valence electrons. The molecular formula is C34H29N3O3. The molecule has 0 radical (unpaired) electrons. The van der Waals surface area contributed by atoms with Gasteiger partial charge in [0.25, 0.3) is 17.4 Å². The summed E-state index contributed by atoms with van der Waals surface area (Å²) in [5.41, 5.74) is 5.94. The van der Waals surface area contributed by atoms with Crippen molar-refractivity contribution < 1.29 is 9.59 Å². The zero-order chi connectivity index (χ0) is 27.5. The Morgan fingerprint density at radius 1 is 0.700 bits per heavy atom. The van der Waals surface area contributed by atoms with Crippen molar-refractivity contribution in [2.24, 2.45) is 0 Å². The molecule has 3 heterocycles. The molecule has 0 N–H and O–H groups in total. The highest BCUT2D eigenvalue weighted by atomic mass is 16.2. The molecular weight excluding hydrogens is 498 g/mol. The fourth-order valence-corrected chi connectivity index (χ4v) is 6.28. The highest BCUT2D eigenvalue weighted by molar-refractivity contribution is 6.38. The van der Waals surface area contributed by atoms with Gasteiger partial charge in [-0.05, 0) is 85.3 Å². The number of amides is 2. The number of rotatable bonds is 7. The average molecular weight is 528 g/mol. The number of hydrogen-bond acceptors (Lipinski definition) is 4. The Morgan fingerprint density at radius 3 is 1.98 bits per heavy atom. The Labute approximate surface area is 231 Å². The molecule has 6 heteroatoms. The number of unbranched alkanes of at least 4 members (excludes halogenated alkanes) is 2. The molecule has 0 bridgehead atoms. The van der Waals surface area contributed by atoms with Gasteiger partial charge >= 0.3 is 0 Å². The van der Waals surface area contributed by atoms with E-state index in [0.29, 0.717) is 38.6 Å². The molecule has 0 aliphatic carbocycles. The zero-order valence-corrected chi connectivity index (χ0v) is 22.7. The summed E-state index contributed by atoms with van der Waals surface area (Å²) in [6, 6.07) is 20.3. The van der Waals surface area contributed by atoms with Gasteiger partial charge in [-0.15, -0.1) is 0 Å². The Hall–Kier alpha value is -4.58. The van der Waals surface area contributed by atoms with Crippen LogP contribution < -0.4 is 10.5 Å². The van der Waals surface area contributed by atoms with E-state index in [2.05, 4.69) is 26.0 Å². The largest absolute Gasteiger partial charge is 0.268 e. The van der Waals surface area contributed by atoms with E-state index in [-0.39, 0.29) is 17.4 Å². The van der Waals surface area contributed by atoms with Crippen molar-refractivity contribution >= 4 is 55.7 Å². The minimum atomic E-state index is -0.389. The second kappa shape index (κ2) is 9.26. The van der Waals surface area contributed by atoms with Crippen LogP contribution in [0.4, 0.5) is 5.69 Å². The number of para-hydroxylation sites is 1. The Kier molecular flexibility index (Phi) is 5.66. The van der Waals surface area contributed by atoms with Gasteiger partial charge in [-0.2, -0.15) is 0 Å². The SMILES string of the molecule is CCCCc1cc2nc3c4ccc5c6c(ccc(c(=O)n3c2cc1CCCC)c64)C(=O)N(c1ccccc1)C5=O. The predicted molar refractivity (Wildman–Crippen MR) is 160 cm³/mol. The number of nitrogens with zero attached hydrogens (tertiary/aromatic N) is 3. The van der Waals surface area contributed by atoms with Gasteiger partial charge in [-0.1, -0.05) is 44.9 Å². The van der Waals surface area contributed by atoms with Crippen molar-refractivity contribution in [1.82, 2.24) is 9.38 Å². The number of imidazole rings is 1. The van der Waals surface area contributed by atoms with Gasteiger partial charge in [0.05, 0.1) is 16.7 Å². The van der Waals surface area contributed by atoms with E-state index in [1.165, 1.54) is 16.0 Å². The first-order valence-electron chi connectivity index (χ1n) is 14.2. The number of aromatic nitrogens is 2. The Balaban J connectivity index is 1.51. The molecule has 0 saturated heterocycles. The molecule has 0 atom stereocenters. The topological polar surface area (TPSA) is 71.8 Å². The predicted octanol–water partition coefficient (Wildman–Crippen LogP) is 7.08. The summed E-state index contributed by atoms with van der Waals surface area (Å²) in [7, 11) is 0. The summed E-state index contributed by atoms with van der Waals surface area (Å²) in [5.74, 6) is -0.778. The molecule has 0 spiro atoms. The number of benzene rings is 4. The first-order chi connectivity index (χ1) is 19.5. The summed E-state index contributed by atoms with van der Waals surface area (Å²) in [6.45, 7) is 4.39. The molecule has 0 fully saturated rings. The van der Waals surface area contributed by atoms with E-state index in [1.54, 1.807) is 46.9 Å². The van der Waals surface area contributed by atoms with Crippen LogP contribution in [0, 0.1) is 0 Å². The van der Waals surface area contributed by atoms with Gasteiger partial charge < -0.3 is 0 Å². The second-order valence-electron chi connectivity index (χ2n) is 10.7. The standard InChI is InChI=1S/C34H29N3O3/c1-3-5-10-20-18-27-28(19-21(20)11-6-4-2)37-31(35-27)23-14-15-25-30-26(17-16-24(29(23)30)34(37)40)33(39)36(32(25)38)22-12-8-7-9-13-22/h7-9,12-19H,3-6,10-11H2,1-2H3. The van der Waals surface area contributed by atoms with E-state index in [4.69, 9.17) is 4.98 Å². The summed E-state index contributed by atoms with van der Waals surface area (Å²) in [6.07, 6.45) is 6.39. The molecule has 1 aliphatic heterocycles. The van der Waals surface area contributed by atoms with E-state index in [9.17, 15) is 14.4 Å². The fraction of sp³-hybridized carbons (Fsp3) is 0.235. The monoisotopic (exact) mass is 527 g/mol. The lowest BCUT2D eigenvalue weighted by atomic mass is 9.90. The van der Waals surface area contributed by atoms with Crippen LogP contribution in [-0.2, 0) is 12.8 Å². The third-order valence-electron chi connectivity index (χ3n) is 8.29. The first-order valence-corrected chi connectivity index (χ1v) is 14.2. The smallest absolute Gasteiger partial charge is 0.265 e. The van der Waals surface area contributed by atoms with Crippen LogP contribution in [0.3, 0.4) is 0 Å².